The van der Waals surface area contributed by atoms with E-state index in [-0.39, 0.29) is 11.2 Å². The van der Waals surface area contributed by atoms with Crippen LogP contribution in [0.1, 0.15) is 24.0 Å². The first-order valence-corrected chi connectivity index (χ1v) is 6.27. The Morgan fingerprint density at radius 1 is 1.41 bits per heavy atom. The smallest absolute Gasteiger partial charge is 0.126 e. The minimum absolute atomic E-state index is 0.0705. The van der Waals surface area contributed by atoms with Crippen molar-refractivity contribution >= 4 is 0 Å². The summed E-state index contributed by atoms with van der Waals surface area (Å²) in [4.78, 5) is 0. The van der Waals surface area contributed by atoms with Crippen LogP contribution < -0.4 is 5.32 Å². The number of benzene rings is 1. The van der Waals surface area contributed by atoms with Crippen LogP contribution in [0.15, 0.2) is 18.2 Å². The Balaban J connectivity index is 1.79. The Morgan fingerprint density at radius 2 is 2.18 bits per heavy atom. The molecule has 2 fully saturated rings. The number of rotatable bonds is 4. The summed E-state index contributed by atoms with van der Waals surface area (Å²) in [6, 6.07) is 6.14. The van der Waals surface area contributed by atoms with Gasteiger partial charge in [-0.25, -0.2) is 4.39 Å². The predicted octanol–water partition coefficient (Wildman–Crippen LogP) is 2.15. The van der Waals surface area contributed by atoms with Crippen molar-refractivity contribution in [2.45, 2.75) is 31.2 Å². The van der Waals surface area contributed by atoms with Gasteiger partial charge in [0.1, 0.15) is 5.82 Å². The molecule has 3 heteroatoms. The SMILES string of the molecule is Cc1cc(C2(CNC3CC3)COC2)ccc1F. The van der Waals surface area contributed by atoms with Crippen LogP contribution in [-0.4, -0.2) is 25.8 Å². The molecule has 1 aliphatic carbocycles. The van der Waals surface area contributed by atoms with Gasteiger partial charge < -0.3 is 10.1 Å². The number of hydrogen-bond acceptors (Lipinski definition) is 2. The summed E-state index contributed by atoms with van der Waals surface area (Å²) in [7, 11) is 0. The van der Waals surface area contributed by atoms with Gasteiger partial charge in [-0.05, 0) is 37.0 Å². The molecule has 1 aliphatic heterocycles. The molecule has 1 saturated heterocycles. The fraction of sp³-hybridized carbons (Fsp3) is 0.571. The minimum atomic E-state index is -0.126. The molecule has 0 radical (unpaired) electrons. The van der Waals surface area contributed by atoms with Gasteiger partial charge >= 0.3 is 0 Å². The van der Waals surface area contributed by atoms with Crippen LogP contribution in [0.2, 0.25) is 0 Å². The largest absolute Gasteiger partial charge is 0.379 e. The molecule has 0 aromatic heterocycles. The Kier molecular flexibility index (Phi) is 2.68. The highest BCUT2D eigenvalue weighted by Gasteiger charge is 2.41. The third-order valence-corrected chi connectivity index (χ3v) is 3.83. The van der Waals surface area contributed by atoms with Crippen molar-refractivity contribution in [1.82, 2.24) is 5.32 Å². The van der Waals surface area contributed by atoms with E-state index in [4.69, 9.17) is 4.74 Å². The molecular formula is C14H18FNO. The van der Waals surface area contributed by atoms with Gasteiger partial charge in [0.15, 0.2) is 0 Å². The lowest BCUT2D eigenvalue weighted by Crippen LogP contribution is -2.53. The molecule has 3 rings (SSSR count). The monoisotopic (exact) mass is 235 g/mol. The highest BCUT2D eigenvalue weighted by Crippen LogP contribution is 2.33. The first kappa shape index (κ1) is 11.2. The van der Waals surface area contributed by atoms with Crippen LogP contribution in [0, 0.1) is 12.7 Å². The van der Waals surface area contributed by atoms with Gasteiger partial charge in [-0.3, -0.25) is 0 Å². The number of nitrogens with one attached hydrogen (secondary N) is 1. The van der Waals surface area contributed by atoms with Crippen LogP contribution in [-0.2, 0) is 10.2 Å². The Labute approximate surface area is 101 Å². The van der Waals surface area contributed by atoms with Gasteiger partial charge in [0, 0.05) is 12.6 Å². The Morgan fingerprint density at radius 3 is 2.71 bits per heavy atom. The van der Waals surface area contributed by atoms with Gasteiger partial charge in [-0.1, -0.05) is 12.1 Å². The molecule has 1 aromatic rings. The van der Waals surface area contributed by atoms with Gasteiger partial charge in [0.05, 0.1) is 18.6 Å². The van der Waals surface area contributed by atoms with E-state index in [1.165, 1.54) is 18.4 Å². The van der Waals surface area contributed by atoms with Crippen LogP contribution >= 0.6 is 0 Å². The van der Waals surface area contributed by atoms with Crippen molar-refractivity contribution in [2.24, 2.45) is 0 Å². The second-order valence-corrected chi connectivity index (χ2v) is 5.39. The normalized spacial score (nSPS) is 22.2. The molecule has 1 saturated carbocycles. The van der Waals surface area contributed by atoms with Crippen molar-refractivity contribution in [2.75, 3.05) is 19.8 Å². The molecule has 0 spiro atoms. The molecule has 92 valence electrons. The average molecular weight is 235 g/mol. The summed E-state index contributed by atoms with van der Waals surface area (Å²) in [5, 5.41) is 3.56. The second-order valence-electron chi connectivity index (χ2n) is 5.39. The molecule has 0 amide bonds. The molecule has 0 bridgehead atoms. The van der Waals surface area contributed by atoms with E-state index in [1.54, 1.807) is 6.07 Å². The minimum Gasteiger partial charge on any atom is -0.379 e. The maximum Gasteiger partial charge on any atom is 0.126 e. The molecule has 17 heavy (non-hydrogen) atoms. The molecule has 2 nitrogen and oxygen atoms in total. The first-order valence-electron chi connectivity index (χ1n) is 6.27. The van der Waals surface area contributed by atoms with E-state index in [0.29, 0.717) is 6.04 Å². The standard InChI is InChI=1S/C14H18FNO/c1-10-6-11(2-5-13(10)15)14(8-17-9-14)7-16-12-3-4-12/h2,5-6,12,16H,3-4,7-9H2,1H3. The van der Waals surface area contributed by atoms with E-state index < -0.39 is 0 Å². The zero-order chi connectivity index (χ0) is 11.9. The fourth-order valence-corrected chi connectivity index (χ4v) is 2.32. The van der Waals surface area contributed by atoms with E-state index in [1.807, 2.05) is 19.1 Å². The van der Waals surface area contributed by atoms with Gasteiger partial charge in [-0.15, -0.1) is 0 Å². The second kappa shape index (κ2) is 4.07. The van der Waals surface area contributed by atoms with Crippen LogP contribution in [0.25, 0.3) is 0 Å². The van der Waals surface area contributed by atoms with Crippen LogP contribution in [0.3, 0.4) is 0 Å². The fourth-order valence-electron chi connectivity index (χ4n) is 2.32. The maximum atomic E-state index is 13.3. The number of halogens is 1. The summed E-state index contributed by atoms with van der Waals surface area (Å²) in [5.74, 6) is -0.126. The summed E-state index contributed by atoms with van der Waals surface area (Å²) in [5.41, 5.74) is 2.00. The molecule has 0 atom stereocenters. The Hall–Kier alpha value is -0.930. The molecular weight excluding hydrogens is 217 g/mol. The van der Waals surface area contributed by atoms with Crippen LogP contribution in [0.5, 0.6) is 0 Å². The van der Waals surface area contributed by atoms with E-state index in [9.17, 15) is 4.39 Å². The summed E-state index contributed by atoms with van der Waals surface area (Å²) in [6.45, 7) is 4.26. The average Bonchev–Trinajstić information content (AvgIpc) is 3.05. The first-order chi connectivity index (χ1) is 8.20. The number of aryl methyl sites for hydroxylation is 1. The van der Waals surface area contributed by atoms with E-state index >= 15 is 0 Å². The molecule has 1 N–H and O–H groups in total. The highest BCUT2D eigenvalue weighted by atomic mass is 19.1. The lowest BCUT2D eigenvalue weighted by molar-refractivity contribution is -0.0592. The van der Waals surface area contributed by atoms with Crippen molar-refractivity contribution < 1.29 is 9.13 Å². The lowest BCUT2D eigenvalue weighted by Gasteiger charge is -2.42. The molecule has 1 aromatic carbocycles. The van der Waals surface area contributed by atoms with E-state index in [2.05, 4.69) is 5.32 Å². The highest BCUT2D eigenvalue weighted by molar-refractivity contribution is 5.33. The maximum absolute atomic E-state index is 13.3. The van der Waals surface area contributed by atoms with E-state index in [0.717, 1.165) is 25.3 Å². The molecule has 2 aliphatic rings. The third-order valence-electron chi connectivity index (χ3n) is 3.83. The summed E-state index contributed by atoms with van der Waals surface area (Å²) in [6.07, 6.45) is 2.58. The lowest BCUT2D eigenvalue weighted by atomic mass is 9.78. The zero-order valence-corrected chi connectivity index (χ0v) is 10.1. The third kappa shape index (κ3) is 2.09. The van der Waals surface area contributed by atoms with Crippen LogP contribution in [0.4, 0.5) is 4.39 Å². The number of hydrogen-bond donors (Lipinski definition) is 1. The number of ether oxygens (including phenoxy) is 1. The quantitative estimate of drug-likeness (QED) is 0.863. The predicted molar refractivity (Wildman–Crippen MR) is 64.7 cm³/mol. The molecule has 0 unspecified atom stereocenters. The zero-order valence-electron chi connectivity index (χ0n) is 10.1. The molecule has 1 heterocycles. The van der Waals surface area contributed by atoms with Crippen molar-refractivity contribution in [3.63, 3.8) is 0 Å². The van der Waals surface area contributed by atoms with Gasteiger partial charge in [0.2, 0.25) is 0 Å². The summed E-state index contributed by atoms with van der Waals surface area (Å²) < 4.78 is 18.7. The van der Waals surface area contributed by atoms with Gasteiger partial charge in [-0.2, -0.15) is 0 Å². The van der Waals surface area contributed by atoms with Crippen molar-refractivity contribution in [1.29, 1.82) is 0 Å². The Bertz CT molecular complexity index is 424. The van der Waals surface area contributed by atoms with Gasteiger partial charge in [0.25, 0.3) is 0 Å². The van der Waals surface area contributed by atoms with Crippen molar-refractivity contribution in [3.05, 3.63) is 35.1 Å². The topological polar surface area (TPSA) is 21.3 Å². The summed E-state index contributed by atoms with van der Waals surface area (Å²) >= 11 is 0. The van der Waals surface area contributed by atoms with Crippen molar-refractivity contribution in [3.8, 4) is 0 Å².